The fourth-order valence-corrected chi connectivity index (χ4v) is 3.96. The molecule has 0 fully saturated rings. The first-order valence-electron chi connectivity index (χ1n) is 10.9. The van der Waals surface area contributed by atoms with Gasteiger partial charge >= 0.3 is 5.97 Å². The summed E-state index contributed by atoms with van der Waals surface area (Å²) in [6.07, 6.45) is 0. The molecule has 3 aromatic carbocycles. The van der Waals surface area contributed by atoms with E-state index in [1.54, 1.807) is 24.3 Å². The molecule has 37 heavy (non-hydrogen) atoms. The van der Waals surface area contributed by atoms with E-state index in [2.05, 4.69) is 10.3 Å². The molecule has 0 aliphatic carbocycles. The summed E-state index contributed by atoms with van der Waals surface area (Å²) in [6, 6.07) is 18.0. The number of carbonyl (C=O) groups excluding carboxylic acids is 2. The zero-order valence-electron chi connectivity index (χ0n) is 19.3. The van der Waals surface area contributed by atoms with Crippen molar-refractivity contribution in [1.29, 1.82) is 0 Å². The van der Waals surface area contributed by atoms with Crippen LogP contribution in [0.25, 0.3) is 11.3 Å². The van der Waals surface area contributed by atoms with E-state index in [1.165, 1.54) is 52.6 Å². The molecule has 1 heterocycles. The number of ether oxygens (including phenoxy) is 1. The number of carboxylic acids is 1. The highest BCUT2D eigenvalue weighted by atomic mass is 32.1. The second kappa shape index (κ2) is 11.3. The molecule has 4 rings (SSSR count). The number of benzene rings is 3. The second-order valence-electron chi connectivity index (χ2n) is 7.77. The topological polar surface area (TPSA) is 135 Å². The van der Waals surface area contributed by atoms with Crippen LogP contribution in [0.15, 0.2) is 78.2 Å². The normalized spacial score (nSPS) is 10.5. The number of nitrogens with zero attached hydrogens (tertiary/aromatic N) is 2. The summed E-state index contributed by atoms with van der Waals surface area (Å²) in [5.74, 6) is -2.33. The van der Waals surface area contributed by atoms with Gasteiger partial charge in [0, 0.05) is 27.9 Å². The Bertz CT molecular complexity index is 1410. The minimum Gasteiger partial charge on any atom is -0.482 e. The molecule has 4 N–H and O–H groups in total. The van der Waals surface area contributed by atoms with E-state index in [9.17, 15) is 18.8 Å². The summed E-state index contributed by atoms with van der Waals surface area (Å²) in [4.78, 5) is 42.3. The summed E-state index contributed by atoms with van der Waals surface area (Å²) in [6.45, 7) is -0.857. The molecule has 11 heteroatoms. The van der Waals surface area contributed by atoms with Gasteiger partial charge in [-0.25, -0.2) is 14.2 Å². The van der Waals surface area contributed by atoms with Crippen molar-refractivity contribution in [1.82, 2.24) is 4.98 Å². The minimum atomic E-state index is -1.13. The molecule has 0 bridgehead atoms. The van der Waals surface area contributed by atoms with Gasteiger partial charge in [0.1, 0.15) is 18.1 Å². The molecule has 0 radical (unpaired) electrons. The molecule has 1 aromatic heterocycles. The lowest BCUT2D eigenvalue weighted by Crippen LogP contribution is -2.38. The van der Waals surface area contributed by atoms with Crippen LogP contribution in [0.1, 0.15) is 10.4 Å². The zero-order valence-corrected chi connectivity index (χ0v) is 20.1. The molecular weight excluding hydrogens is 499 g/mol. The van der Waals surface area contributed by atoms with Gasteiger partial charge in [-0.05, 0) is 60.7 Å². The first-order valence-corrected chi connectivity index (χ1v) is 11.8. The van der Waals surface area contributed by atoms with Gasteiger partial charge in [0.15, 0.2) is 11.7 Å². The lowest BCUT2D eigenvalue weighted by Gasteiger charge is -2.23. The summed E-state index contributed by atoms with van der Waals surface area (Å²) in [7, 11) is 0. The van der Waals surface area contributed by atoms with Crippen molar-refractivity contribution in [2.45, 2.75) is 0 Å². The number of hydrogen-bond acceptors (Lipinski definition) is 7. The molecule has 9 nitrogen and oxygen atoms in total. The third-order valence-corrected chi connectivity index (χ3v) is 5.81. The molecule has 0 saturated carbocycles. The van der Waals surface area contributed by atoms with Crippen molar-refractivity contribution in [2.24, 2.45) is 0 Å². The van der Waals surface area contributed by atoms with Crippen molar-refractivity contribution in [3.05, 3.63) is 89.6 Å². The van der Waals surface area contributed by atoms with Crippen molar-refractivity contribution in [3.63, 3.8) is 0 Å². The maximum Gasteiger partial charge on any atom is 0.341 e. The molecule has 2 amide bonds. The lowest BCUT2D eigenvalue weighted by atomic mass is 10.1. The van der Waals surface area contributed by atoms with Crippen LogP contribution in [0.3, 0.4) is 0 Å². The molecule has 188 valence electrons. The highest BCUT2D eigenvalue weighted by molar-refractivity contribution is 7.13. The van der Waals surface area contributed by atoms with E-state index in [1.807, 2.05) is 5.38 Å². The van der Waals surface area contributed by atoms with Crippen LogP contribution in [0.4, 0.5) is 20.9 Å². The number of amides is 2. The monoisotopic (exact) mass is 520 g/mol. The zero-order chi connectivity index (χ0) is 26.4. The number of nitrogens with two attached hydrogens (primary N) is 1. The SMILES string of the molecule is Nc1nc(-c2ccc(NC(=O)CN(C(=O)c3ccc(F)cc3)c3ccc(OCC(=O)O)cc3)cc2)cs1. The van der Waals surface area contributed by atoms with Crippen LogP contribution in [0, 0.1) is 5.82 Å². The highest BCUT2D eigenvalue weighted by Crippen LogP contribution is 2.25. The van der Waals surface area contributed by atoms with Crippen LogP contribution < -0.4 is 20.7 Å². The molecule has 0 spiro atoms. The van der Waals surface area contributed by atoms with Gasteiger partial charge < -0.3 is 20.9 Å². The number of carbonyl (C=O) groups is 3. The highest BCUT2D eigenvalue weighted by Gasteiger charge is 2.21. The first-order chi connectivity index (χ1) is 17.8. The Balaban J connectivity index is 1.51. The first kappa shape index (κ1) is 25.3. The molecule has 4 aromatic rings. The largest absolute Gasteiger partial charge is 0.482 e. The van der Waals surface area contributed by atoms with Crippen molar-refractivity contribution >= 4 is 45.6 Å². The van der Waals surface area contributed by atoms with Gasteiger partial charge in [0.2, 0.25) is 5.91 Å². The average Bonchev–Trinajstić information content (AvgIpc) is 3.33. The lowest BCUT2D eigenvalue weighted by molar-refractivity contribution is -0.139. The number of thiazole rings is 1. The van der Waals surface area contributed by atoms with Gasteiger partial charge in [-0.1, -0.05) is 12.1 Å². The van der Waals surface area contributed by atoms with Crippen molar-refractivity contribution < 1.29 is 28.6 Å². The Labute approximate surface area is 214 Å². The summed E-state index contributed by atoms with van der Waals surface area (Å²) in [5, 5.41) is 13.8. The maximum atomic E-state index is 13.4. The minimum absolute atomic E-state index is 0.187. The van der Waals surface area contributed by atoms with Crippen LogP contribution in [-0.2, 0) is 9.59 Å². The Hall–Kier alpha value is -4.77. The van der Waals surface area contributed by atoms with Gasteiger partial charge in [-0.2, -0.15) is 0 Å². The number of hydrogen-bond donors (Lipinski definition) is 3. The molecule has 0 atom stereocenters. The van der Waals surface area contributed by atoms with Crippen LogP contribution in [0.5, 0.6) is 5.75 Å². The predicted octanol–water partition coefficient (Wildman–Crippen LogP) is 4.28. The Morgan fingerprint density at radius 3 is 2.27 bits per heavy atom. The third-order valence-electron chi connectivity index (χ3n) is 5.14. The van der Waals surface area contributed by atoms with Gasteiger partial charge in [-0.3, -0.25) is 14.5 Å². The van der Waals surface area contributed by atoms with E-state index in [4.69, 9.17) is 15.6 Å². The number of aliphatic carboxylic acids is 1. The van der Waals surface area contributed by atoms with Gasteiger partial charge in [0.25, 0.3) is 5.91 Å². The number of rotatable bonds is 9. The number of anilines is 3. The Morgan fingerprint density at radius 2 is 1.68 bits per heavy atom. The summed E-state index contributed by atoms with van der Waals surface area (Å²) >= 11 is 1.33. The molecule has 0 saturated heterocycles. The number of aromatic nitrogens is 1. The van der Waals surface area contributed by atoms with Crippen LogP contribution in [0.2, 0.25) is 0 Å². The Kier molecular flexibility index (Phi) is 7.74. The van der Waals surface area contributed by atoms with Crippen molar-refractivity contribution in [2.75, 3.05) is 29.1 Å². The average molecular weight is 521 g/mol. The quantitative estimate of drug-likeness (QED) is 0.300. The van der Waals surface area contributed by atoms with E-state index in [0.29, 0.717) is 16.5 Å². The van der Waals surface area contributed by atoms with E-state index in [-0.39, 0.29) is 17.9 Å². The number of nitrogen functional groups attached to an aromatic ring is 1. The fourth-order valence-electron chi connectivity index (χ4n) is 3.38. The van der Waals surface area contributed by atoms with Crippen LogP contribution in [-0.4, -0.2) is 41.0 Å². The molecular formula is C26H21FN4O5S. The number of carboxylic acid groups (broad SMARTS) is 1. The van der Waals surface area contributed by atoms with E-state index in [0.717, 1.165) is 23.4 Å². The second-order valence-corrected chi connectivity index (χ2v) is 8.66. The smallest absolute Gasteiger partial charge is 0.341 e. The molecule has 0 unspecified atom stereocenters. The third kappa shape index (κ3) is 6.67. The summed E-state index contributed by atoms with van der Waals surface area (Å²) in [5.41, 5.74) is 8.32. The van der Waals surface area contributed by atoms with Crippen molar-refractivity contribution in [3.8, 4) is 17.0 Å². The maximum absolute atomic E-state index is 13.4. The van der Waals surface area contributed by atoms with E-state index < -0.39 is 30.2 Å². The standard InChI is InChI=1S/C26H21FN4O5S/c27-18-5-1-17(2-6-18)25(35)31(20-9-11-21(12-10-20)36-14-24(33)34)13-23(32)29-19-7-3-16(4-8-19)22-15-37-26(28)30-22/h1-12,15H,13-14H2,(H2,28,30)(H,29,32)(H,33,34). The predicted molar refractivity (Wildman–Crippen MR) is 138 cm³/mol. The number of halogens is 1. The molecule has 0 aliphatic heterocycles. The molecule has 0 aliphatic rings. The summed E-state index contributed by atoms with van der Waals surface area (Å²) < 4.78 is 18.5. The fraction of sp³-hybridized carbons (Fsp3) is 0.0769. The van der Waals surface area contributed by atoms with Gasteiger partial charge in [0.05, 0.1) is 5.69 Å². The number of nitrogens with one attached hydrogen (secondary N) is 1. The van der Waals surface area contributed by atoms with E-state index >= 15 is 0 Å². The Morgan fingerprint density at radius 1 is 1.00 bits per heavy atom. The van der Waals surface area contributed by atoms with Gasteiger partial charge in [-0.15, -0.1) is 11.3 Å². The van der Waals surface area contributed by atoms with Crippen LogP contribution >= 0.6 is 11.3 Å².